The monoisotopic (exact) mass is 272 g/mol. The molecule has 0 N–H and O–H groups in total. The Balaban J connectivity index is 1.61. The number of ether oxygens (including phenoxy) is 2. The second-order valence-corrected chi connectivity index (χ2v) is 5.18. The summed E-state index contributed by atoms with van der Waals surface area (Å²) < 4.78 is 11.5. The van der Waals surface area contributed by atoms with Gasteiger partial charge in [0, 0.05) is 37.5 Å². The SMILES string of the molecule is c1cc2c(N3CCC4(CC3)OCCO4)ncnc2cn1. The minimum atomic E-state index is -0.346. The van der Waals surface area contributed by atoms with E-state index < -0.39 is 0 Å². The Morgan fingerprint density at radius 3 is 2.70 bits per heavy atom. The molecule has 1 spiro atoms. The zero-order valence-electron chi connectivity index (χ0n) is 11.2. The van der Waals surface area contributed by atoms with Gasteiger partial charge in [-0.1, -0.05) is 0 Å². The molecule has 2 aromatic rings. The van der Waals surface area contributed by atoms with Gasteiger partial charge in [-0.3, -0.25) is 4.98 Å². The van der Waals surface area contributed by atoms with Crippen LogP contribution in [0.15, 0.2) is 24.8 Å². The molecule has 0 amide bonds. The molecule has 2 aliphatic heterocycles. The zero-order chi connectivity index (χ0) is 13.4. The molecule has 0 saturated carbocycles. The van der Waals surface area contributed by atoms with Gasteiger partial charge in [-0.05, 0) is 6.07 Å². The van der Waals surface area contributed by atoms with Crippen molar-refractivity contribution in [2.24, 2.45) is 0 Å². The lowest BCUT2D eigenvalue weighted by Crippen LogP contribution is -2.45. The van der Waals surface area contributed by atoms with Crippen molar-refractivity contribution in [1.82, 2.24) is 15.0 Å². The molecule has 2 aliphatic rings. The summed E-state index contributed by atoms with van der Waals surface area (Å²) in [7, 11) is 0. The van der Waals surface area contributed by atoms with E-state index in [-0.39, 0.29) is 5.79 Å². The van der Waals surface area contributed by atoms with Crippen LogP contribution in [-0.2, 0) is 9.47 Å². The number of hydrogen-bond acceptors (Lipinski definition) is 6. The van der Waals surface area contributed by atoms with Crippen LogP contribution in [0.4, 0.5) is 5.82 Å². The Labute approximate surface area is 116 Å². The van der Waals surface area contributed by atoms with Crippen LogP contribution in [0.25, 0.3) is 10.9 Å². The van der Waals surface area contributed by atoms with Crippen molar-refractivity contribution in [2.45, 2.75) is 18.6 Å². The van der Waals surface area contributed by atoms with Crippen molar-refractivity contribution >= 4 is 16.7 Å². The van der Waals surface area contributed by atoms with Gasteiger partial charge < -0.3 is 14.4 Å². The quantitative estimate of drug-likeness (QED) is 0.781. The van der Waals surface area contributed by atoms with E-state index in [0.717, 1.165) is 42.7 Å². The molecular formula is C14H16N4O2. The molecule has 4 heterocycles. The van der Waals surface area contributed by atoms with Gasteiger partial charge in [-0.15, -0.1) is 0 Å². The van der Waals surface area contributed by atoms with Crippen LogP contribution in [-0.4, -0.2) is 47.0 Å². The van der Waals surface area contributed by atoms with Gasteiger partial charge in [0.05, 0.1) is 24.9 Å². The van der Waals surface area contributed by atoms with E-state index in [9.17, 15) is 0 Å². The second kappa shape index (κ2) is 4.64. The smallest absolute Gasteiger partial charge is 0.171 e. The molecule has 0 radical (unpaired) electrons. The average Bonchev–Trinajstić information content (AvgIpc) is 2.96. The summed E-state index contributed by atoms with van der Waals surface area (Å²) >= 11 is 0. The number of piperidine rings is 1. The standard InChI is InChI=1S/C14H16N4O2/c1-4-15-9-12-11(1)13(17-10-16-12)18-5-2-14(3-6-18)19-7-8-20-14/h1,4,9-10H,2-3,5-8H2. The number of rotatable bonds is 1. The van der Waals surface area contributed by atoms with Gasteiger partial charge in [-0.25, -0.2) is 9.97 Å². The Morgan fingerprint density at radius 1 is 1.10 bits per heavy atom. The summed E-state index contributed by atoms with van der Waals surface area (Å²) in [6, 6.07) is 1.97. The van der Waals surface area contributed by atoms with Crippen LogP contribution in [0, 0.1) is 0 Å². The Kier molecular flexibility index (Phi) is 2.78. The average molecular weight is 272 g/mol. The van der Waals surface area contributed by atoms with E-state index >= 15 is 0 Å². The van der Waals surface area contributed by atoms with Crippen molar-refractivity contribution in [2.75, 3.05) is 31.2 Å². The highest BCUT2D eigenvalue weighted by Crippen LogP contribution is 2.34. The zero-order valence-corrected chi connectivity index (χ0v) is 11.2. The lowest BCUT2D eigenvalue weighted by atomic mass is 10.0. The number of hydrogen-bond donors (Lipinski definition) is 0. The molecule has 20 heavy (non-hydrogen) atoms. The third-order valence-electron chi connectivity index (χ3n) is 4.06. The molecule has 0 bridgehead atoms. The molecule has 104 valence electrons. The number of anilines is 1. The molecule has 0 unspecified atom stereocenters. The maximum absolute atomic E-state index is 5.76. The Hall–Kier alpha value is -1.79. The lowest BCUT2D eigenvalue weighted by Gasteiger charge is -2.38. The fraction of sp³-hybridized carbons (Fsp3) is 0.500. The molecule has 0 aromatic carbocycles. The molecule has 2 saturated heterocycles. The van der Waals surface area contributed by atoms with E-state index in [1.54, 1.807) is 18.7 Å². The van der Waals surface area contributed by atoms with Crippen LogP contribution in [0.2, 0.25) is 0 Å². The molecule has 0 aliphatic carbocycles. The predicted octanol–water partition coefficient (Wildman–Crippen LogP) is 1.37. The first kappa shape index (κ1) is 12.0. The maximum atomic E-state index is 5.76. The lowest BCUT2D eigenvalue weighted by molar-refractivity contribution is -0.169. The Morgan fingerprint density at radius 2 is 1.90 bits per heavy atom. The van der Waals surface area contributed by atoms with Crippen molar-refractivity contribution in [1.29, 1.82) is 0 Å². The van der Waals surface area contributed by atoms with Gasteiger partial charge in [-0.2, -0.15) is 0 Å². The number of aromatic nitrogens is 3. The van der Waals surface area contributed by atoms with Gasteiger partial charge in [0.2, 0.25) is 0 Å². The third-order valence-corrected chi connectivity index (χ3v) is 4.06. The molecule has 6 heteroatoms. The minimum absolute atomic E-state index is 0.346. The summed E-state index contributed by atoms with van der Waals surface area (Å²) in [5.41, 5.74) is 0.881. The third kappa shape index (κ3) is 1.92. The molecule has 2 fully saturated rings. The largest absolute Gasteiger partial charge is 0.356 e. The fourth-order valence-corrected chi connectivity index (χ4v) is 2.99. The van der Waals surface area contributed by atoms with Crippen molar-refractivity contribution in [3.05, 3.63) is 24.8 Å². The first-order valence-electron chi connectivity index (χ1n) is 6.94. The highest BCUT2D eigenvalue weighted by Gasteiger charge is 2.40. The highest BCUT2D eigenvalue weighted by molar-refractivity contribution is 5.88. The van der Waals surface area contributed by atoms with Crippen LogP contribution in [0.1, 0.15) is 12.8 Å². The molecule has 0 atom stereocenters. The van der Waals surface area contributed by atoms with E-state index in [2.05, 4.69) is 19.9 Å². The first-order chi connectivity index (χ1) is 9.86. The highest BCUT2D eigenvalue weighted by atomic mass is 16.7. The topological polar surface area (TPSA) is 60.4 Å². The van der Waals surface area contributed by atoms with E-state index in [1.165, 1.54) is 0 Å². The van der Waals surface area contributed by atoms with Gasteiger partial charge >= 0.3 is 0 Å². The Bertz CT molecular complexity index is 612. The van der Waals surface area contributed by atoms with Crippen LogP contribution < -0.4 is 4.90 Å². The summed E-state index contributed by atoms with van der Waals surface area (Å²) in [6.07, 6.45) is 6.92. The van der Waals surface area contributed by atoms with Crippen LogP contribution in [0.3, 0.4) is 0 Å². The van der Waals surface area contributed by atoms with Crippen LogP contribution in [0.5, 0.6) is 0 Å². The molecule has 4 rings (SSSR count). The van der Waals surface area contributed by atoms with E-state index in [0.29, 0.717) is 13.2 Å². The number of pyridine rings is 1. The number of fused-ring (bicyclic) bond motifs is 1. The predicted molar refractivity (Wildman–Crippen MR) is 73.4 cm³/mol. The van der Waals surface area contributed by atoms with Crippen molar-refractivity contribution in [3.63, 3.8) is 0 Å². The van der Waals surface area contributed by atoms with E-state index in [4.69, 9.17) is 9.47 Å². The van der Waals surface area contributed by atoms with Crippen LogP contribution >= 0.6 is 0 Å². The van der Waals surface area contributed by atoms with Crippen molar-refractivity contribution in [3.8, 4) is 0 Å². The second-order valence-electron chi connectivity index (χ2n) is 5.18. The molecule has 6 nitrogen and oxygen atoms in total. The summed E-state index contributed by atoms with van der Waals surface area (Å²) in [6.45, 7) is 3.19. The van der Waals surface area contributed by atoms with Gasteiger partial charge in [0.1, 0.15) is 12.1 Å². The molecular weight excluding hydrogens is 256 g/mol. The fourth-order valence-electron chi connectivity index (χ4n) is 2.99. The summed E-state index contributed by atoms with van der Waals surface area (Å²) in [4.78, 5) is 15.1. The van der Waals surface area contributed by atoms with Crippen molar-refractivity contribution < 1.29 is 9.47 Å². The normalized spacial score (nSPS) is 21.7. The van der Waals surface area contributed by atoms with E-state index in [1.807, 2.05) is 6.07 Å². The summed E-state index contributed by atoms with van der Waals surface area (Å²) in [5.74, 6) is 0.631. The summed E-state index contributed by atoms with van der Waals surface area (Å²) in [5, 5.41) is 1.05. The molecule has 2 aromatic heterocycles. The number of nitrogens with zero attached hydrogens (tertiary/aromatic N) is 4. The maximum Gasteiger partial charge on any atom is 0.171 e. The van der Waals surface area contributed by atoms with Gasteiger partial charge in [0.25, 0.3) is 0 Å². The first-order valence-corrected chi connectivity index (χ1v) is 6.94. The minimum Gasteiger partial charge on any atom is -0.356 e. The van der Waals surface area contributed by atoms with Gasteiger partial charge in [0.15, 0.2) is 5.79 Å².